The summed E-state index contributed by atoms with van der Waals surface area (Å²) >= 11 is 9.23. The van der Waals surface area contributed by atoms with Crippen molar-refractivity contribution in [3.8, 4) is 0 Å². The number of aryl methyl sites for hydroxylation is 1. The lowest BCUT2D eigenvalue weighted by Gasteiger charge is -2.12. The van der Waals surface area contributed by atoms with Gasteiger partial charge in [-0.2, -0.15) is 0 Å². The molecule has 2 rings (SSSR count). The van der Waals surface area contributed by atoms with Gasteiger partial charge >= 0.3 is 0 Å². The maximum Gasteiger partial charge on any atom is 0.241 e. The van der Waals surface area contributed by atoms with E-state index in [4.69, 9.17) is 17.3 Å². The monoisotopic (exact) mass is 366 g/mol. The van der Waals surface area contributed by atoms with E-state index in [9.17, 15) is 4.79 Å². The molecular formula is C16H16BrClN2O. The average molecular weight is 368 g/mol. The van der Waals surface area contributed by atoms with Crippen molar-refractivity contribution in [2.75, 3.05) is 5.32 Å². The maximum absolute atomic E-state index is 12.0. The molecule has 0 heterocycles. The number of rotatable bonds is 5. The lowest BCUT2D eigenvalue weighted by Crippen LogP contribution is -2.36. The van der Waals surface area contributed by atoms with Gasteiger partial charge in [0, 0.05) is 10.2 Å². The standard InChI is InChI=1S/C16H16BrClN2O/c17-13-10-12(7-8-14(13)18)20-16(21)15(19)9-6-11-4-2-1-3-5-11/h1-5,7-8,10,15H,6,9,19H2,(H,20,21)/t15-/m0/s1. The highest BCUT2D eigenvalue weighted by atomic mass is 79.9. The summed E-state index contributed by atoms with van der Waals surface area (Å²) in [7, 11) is 0. The number of carbonyl (C=O) groups excluding carboxylic acids is 1. The van der Waals surface area contributed by atoms with Crippen LogP contribution in [-0.4, -0.2) is 11.9 Å². The molecule has 0 radical (unpaired) electrons. The molecule has 0 aliphatic rings. The first-order chi connectivity index (χ1) is 10.1. The van der Waals surface area contributed by atoms with Gasteiger partial charge in [0.05, 0.1) is 11.1 Å². The molecule has 0 aromatic heterocycles. The fourth-order valence-electron chi connectivity index (χ4n) is 1.91. The third-order valence-electron chi connectivity index (χ3n) is 3.11. The van der Waals surface area contributed by atoms with Gasteiger partial charge < -0.3 is 11.1 Å². The van der Waals surface area contributed by atoms with Gasteiger partial charge in [0.2, 0.25) is 5.91 Å². The minimum absolute atomic E-state index is 0.194. The Kier molecular flexibility index (Phi) is 5.79. The number of hydrogen-bond acceptors (Lipinski definition) is 2. The third-order valence-corrected chi connectivity index (χ3v) is 4.32. The van der Waals surface area contributed by atoms with Crippen LogP contribution in [0.15, 0.2) is 53.0 Å². The van der Waals surface area contributed by atoms with Crippen LogP contribution in [-0.2, 0) is 11.2 Å². The Morgan fingerprint density at radius 3 is 2.62 bits per heavy atom. The van der Waals surface area contributed by atoms with Gasteiger partial charge in [-0.05, 0) is 52.5 Å². The summed E-state index contributed by atoms with van der Waals surface area (Å²) in [6.07, 6.45) is 1.38. The van der Waals surface area contributed by atoms with Crippen LogP contribution in [0.4, 0.5) is 5.69 Å². The number of carbonyl (C=O) groups is 1. The summed E-state index contributed by atoms with van der Waals surface area (Å²) in [6.45, 7) is 0. The van der Waals surface area contributed by atoms with Crippen LogP contribution < -0.4 is 11.1 Å². The van der Waals surface area contributed by atoms with Gasteiger partial charge in [0.15, 0.2) is 0 Å². The van der Waals surface area contributed by atoms with Crippen LogP contribution in [0.25, 0.3) is 0 Å². The van der Waals surface area contributed by atoms with E-state index in [0.29, 0.717) is 17.1 Å². The van der Waals surface area contributed by atoms with Crippen LogP contribution in [0.3, 0.4) is 0 Å². The molecule has 21 heavy (non-hydrogen) atoms. The topological polar surface area (TPSA) is 55.1 Å². The minimum atomic E-state index is -0.542. The largest absolute Gasteiger partial charge is 0.325 e. The van der Waals surface area contributed by atoms with Crippen LogP contribution >= 0.6 is 27.5 Å². The molecule has 0 aliphatic carbocycles. The van der Waals surface area contributed by atoms with Crippen molar-refractivity contribution >= 4 is 39.1 Å². The van der Waals surface area contributed by atoms with Crippen molar-refractivity contribution in [1.82, 2.24) is 0 Å². The zero-order valence-electron chi connectivity index (χ0n) is 11.4. The molecule has 0 unspecified atom stereocenters. The summed E-state index contributed by atoms with van der Waals surface area (Å²) in [5, 5.41) is 3.39. The normalized spacial score (nSPS) is 12.0. The molecule has 5 heteroatoms. The smallest absolute Gasteiger partial charge is 0.241 e. The van der Waals surface area contributed by atoms with Crippen molar-refractivity contribution in [3.05, 3.63) is 63.6 Å². The lowest BCUT2D eigenvalue weighted by atomic mass is 10.1. The van der Waals surface area contributed by atoms with Gasteiger partial charge in [0.25, 0.3) is 0 Å². The van der Waals surface area contributed by atoms with Gasteiger partial charge in [-0.1, -0.05) is 41.9 Å². The summed E-state index contributed by atoms with van der Waals surface area (Å²) in [5.74, 6) is -0.194. The Bertz CT molecular complexity index is 619. The Morgan fingerprint density at radius 1 is 1.24 bits per heavy atom. The molecule has 1 atom stereocenters. The zero-order chi connectivity index (χ0) is 15.2. The molecule has 0 bridgehead atoms. The van der Waals surface area contributed by atoms with E-state index in [2.05, 4.69) is 21.2 Å². The average Bonchev–Trinajstić information content (AvgIpc) is 2.49. The van der Waals surface area contributed by atoms with Crippen molar-refractivity contribution in [3.63, 3.8) is 0 Å². The number of benzene rings is 2. The number of hydrogen-bond donors (Lipinski definition) is 2. The maximum atomic E-state index is 12.0. The van der Waals surface area contributed by atoms with E-state index < -0.39 is 6.04 Å². The summed E-state index contributed by atoms with van der Waals surface area (Å²) < 4.78 is 0.736. The molecule has 3 nitrogen and oxygen atoms in total. The first-order valence-electron chi connectivity index (χ1n) is 6.61. The molecule has 0 aliphatic heterocycles. The second-order valence-corrected chi connectivity index (χ2v) is 6.01. The second-order valence-electron chi connectivity index (χ2n) is 4.75. The predicted octanol–water partition coefficient (Wildman–Crippen LogP) is 4.00. The summed E-state index contributed by atoms with van der Waals surface area (Å²) in [6, 6.07) is 14.7. The molecule has 110 valence electrons. The molecular weight excluding hydrogens is 352 g/mol. The van der Waals surface area contributed by atoms with Crippen molar-refractivity contribution in [2.45, 2.75) is 18.9 Å². The first-order valence-corrected chi connectivity index (χ1v) is 7.79. The Labute approximate surface area is 137 Å². The highest BCUT2D eigenvalue weighted by Crippen LogP contribution is 2.25. The van der Waals surface area contributed by atoms with Crippen molar-refractivity contribution in [2.24, 2.45) is 5.73 Å². The molecule has 0 fully saturated rings. The Morgan fingerprint density at radius 2 is 1.95 bits per heavy atom. The van der Waals surface area contributed by atoms with E-state index in [0.717, 1.165) is 10.9 Å². The number of anilines is 1. The van der Waals surface area contributed by atoms with E-state index >= 15 is 0 Å². The van der Waals surface area contributed by atoms with Crippen LogP contribution in [0.5, 0.6) is 0 Å². The van der Waals surface area contributed by atoms with E-state index in [1.54, 1.807) is 18.2 Å². The SMILES string of the molecule is N[C@@H](CCc1ccccc1)C(=O)Nc1ccc(Cl)c(Br)c1. The van der Waals surface area contributed by atoms with Gasteiger partial charge in [-0.25, -0.2) is 0 Å². The van der Waals surface area contributed by atoms with Crippen LogP contribution in [0, 0.1) is 0 Å². The lowest BCUT2D eigenvalue weighted by molar-refractivity contribution is -0.117. The number of halogens is 2. The molecule has 0 saturated carbocycles. The Balaban J connectivity index is 1.89. The number of amides is 1. The highest BCUT2D eigenvalue weighted by molar-refractivity contribution is 9.10. The van der Waals surface area contributed by atoms with Gasteiger partial charge in [0.1, 0.15) is 0 Å². The molecule has 2 aromatic rings. The van der Waals surface area contributed by atoms with Crippen molar-refractivity contribution in [1.29, 1.82) is 0 Å². The third kappa shape index (κ3) is 4.84. The van der Waals surface area contributed by atoms with Crippen LogP contribution in [0.1, 0.15) is 12.0 Å². The summed E-state index contributed by atoms with van der Waals surface area (Å²) in [4.78, 5) is 12.0. The quantitative estimate of drug-likeness (QED) is 0.839. The second kappa shape index (κ2) is 7.59. The number of nitrogens with one attached hydrogen (secondary N) is 1. The zero-order valence-corrected chi connectivity index (χ0v) is 13.7. The number of nitrogens with two attached hydrogens (primary N) is 1. The Hall–Kier alpha value is -1.36. The molecule has 1 amide bonds. The van der Waals surface area contributed by atoms with Gasteiger partial charge in [-0.15, -0.1) is 0 Å². The predicted molar refractivity (Wildman–Crippen MR) is 90.5 cm³/mol. The molecule has 0 spiro atoms. The highest BCUT2D eigenvalue weighted by Gasteiger charge is 2.14. The fraction of sp³-hybridized carbons (Fsp3) is 0.188. The van der Waals surface area contributed by atoms with Crippen molar-refractivity contribution < 1.29 is 4.79 Å². The molecule has 0 saturated heterocycles. The summed E-state index contributed by atoms with van der Waals surface area (Å²) in [5.41, 5.74) is 7.78. The molecule has 3 N–H and O–H groups in total. The van der Waals surface area contributed by atoms with E-state index in [1.807, 2.05) is 30.3 Å². The van der Waals surface area contributed by atoms with E-state index in [-0.39, 0.29) is 5.91 Å². The molecule has 2 aromatic carbocycles. The van der Waals surface area contributed by atoms with Gasteiger partial charge in [-0.3, -0.25) is 4.79 Å². The van der Waals surface area contributed by atoms with Crippen LogP contribution in [0.2, 0.25) is 5.02 Å². The fourth-order valence-corrected chi connectivity index (χ4v) is 2.40. The van der Waals surface area contributed by atoms with E-state index in [1.165, 1.54) is 5.56 Å². The first kappa shape index (κ1) is 16.0. The minimum Gasteiger partial charge on any atom is -0.325 e.